The van der Waals surface area contributed by atoms with E-state index in [1.165, 1.54) is 12.1 Å². The monoisotopic (exact) mass is 388 g/mol. The Kier molecular flexibility index (Phi) is 5.28. The third kappa shape index (κ3) is 4.77. The molecule has 0 aliphatic carbocycles. The number of hydrogen-bond acceptors (Lipinski definition) is 6. The summed E-state index contributed by atoms with van der Waals surface area (Å²) in [6.07, 6.45) is -3.48. The number of nitro groups is 1. The van der Waals surface area contributed by atoms with Crippen molar-refractivity contribution in [3.63, 3.8) is 0 Å². The van der Waals surface area contributed by atoms with E-state index in [2.05, 4.69) is 10.5 Å². The van der Waals surface area contributed by atoms with Crippen LogP contribution in [0.25, 0.3) is 0 Å². The minimum absolute atomic E-state index is 0.108. The number of nitrogens with one attached hydrogen (secondary N) is 1. The Balaban J connectivity index is 2.27. The quantitative estimate of drug-likeness (QED) is 0.462. The molecule has 0 bridgehead atoms. The van der Waals surface area contributed by atoms with Gasteiger partial charge in [-0.2, -0.15) is 18.3 Å². The zero-order valence-electron chi connectivity index (χ0n) is 12.8. The fourth-order valence-electron chi connectivity index (χ4n) is 1.91. The molecule has 0 radical (unpaired) electrons. The van der Waals surface area contributed by atoms with Crippen LogP contribution in [0.5, 0.6) is 0 Å². The maximum absolute atomic E-state index is 12.6. The first kappa shape index (κ1) is 19.3. The molecule has 2 rings (SSSR count). The molecule has 0 spiro atoms. The summed E-state index contributed by atoms with van der Waals surface area (Å²) >= 11 is 0. The van der Waals surface area contributed by atoms with Gasteiger partial charge in [-0.25, -0.2) is 13.6 Å². The topological polar surface area (TPSA) is 128 Å². The highest BCUT2D eigenvalue weighted by atomic mass is 32.2. The minimum atomic E-state index is -4.51. The van der Waals surface area contributed by atoms with Crippen molar-refractivity contribution >= 4 is 27.6 Å². The molecule has 12 heteroatoms. The lowest BCUT2D eigenvalue weighted by Crippen LogP contribution is -2.12. The predicted octanol–water partition coefficient (Wildman–Crippen LogP) is 2.71. The zero-order chi connectivity index (χ0) is 19.5. The molecule has 0 fully saturated rings. The number of nitro benzene ring substituents is 1. The third-order valence-corrected chi connectivity index (χ3v) is 4.02. The standard InChI is InChI=1S/C14H11F3N4O4S/c15-14(16,17)10-3-1-2-9(6-10)8-19-20-12-5-4-11(26(18,24)25)7-13(12)21(22)23/h1-8,20H,(H2,18,24,25)/b19-8-. The molecule has 0 atom stereocenters. The first-order valence-corrected chi connectivity index (χ1v) is 8.31. The number of rotatable bonds is 5. The molecule has 2 aromatic rings. The van der Waals surface area contributed by atoms with Crippen LogP contribution in [0.1, 0.15) is 11.1 Å². The molecule has 0 saturated carbocycles. The Labute approximate surface area is 145 Å². The summed E-state index contributed by atoms with van der Waals surface area (Å²) in [4.78, 5) is 9.73. The van der Waals surface area contributed by atoms with Gasteiger partial charge in [-0.15, -0.1) is 0 Å². The molecule has 138 valence electrons. The van der Waals surface area contributed by atoms with Gasteiger partial charge in [-0.05, 0) is 29.8 Å². The molecule has 0 amide bonds. The van der Waals surface area contributed by atoms with E-state index >= 15 is 0 Å². The van der Waals surface area contributed by atoms with Crippen LogP contribution in [0.15, 0.2) is 52.5 Å². The normalized spacial score (nSPS) is 12.3. The summed E-state index contributed by atoms with van der Waals surface area (Å²) in [5, 5.41) is 19.6. The summed E-state index contributed by atoms with van der Waals surface area (Å²) in [5.74, 6) is 0. The van der Waals surface area contributed by atoms with Gasteiger partial charge >= 0.3 is 6.18 Å². The van der Waals surface area contributed by atoms with Crippen molar-refractivity contribution in [3.05, 3.63) is 63.7 Å². The molecule has 0 unspecified atom stereocenters. The lowest BCUT2D eigenvalue weighted by molar-refractivity contribution is -0.384. The second-order valence-corrected chi connectivity index (χ2v) is 6.54. The van der Waals surface area contributed by atoms with Gasteiger partial charge in [0.1, 0.15) is 5.69 Å². The maximum atomic E-state index is 12.6. The smallest absolute Gasteiger partial charge is 0.272 e. The van der Waals surface area contributed by atoms with Crippen LogP contribution in [0.3, 0.4) is 0 Å². The van der Waals surface area contributed by atoms with E-state index in [-0.39, 0.29) is 11.3 Å². The highest BCUT2D eigenvalue weighted by Gasteiger charge is 2.30. The average Bonchev–Trinajstić information content (AvgIpc) is 2.53. The van der Waals surface area contributed by atoms with Crippen molar-refractivity contribution in [2.45, 2.75) is 11.1 Å². The summed E-state index contributed by atoms with van der Waals surface area (Å²) in [6.45, 7) is 0. The van der Waals surface area contributed by atoms with Gasteiger partial charge in [-0.1, -0.05) is 12.1 Å². The van der Waals surface area contributed by atoms with Crippen molar-refractivity contribution in [1.29, 1.82) is 0 Å². The van der Waals surface area contributed by atoms with Crippen molar-refractivity contribution in [2.75, 3.05) is 5.43 Å². The fourth-order valence-corrected chi connectivity index (χ4v) is 2.44. The van der Waals surface area contributed by atoms with Crippen molar-refractivity contribution in [1.82, 2.24) is 0 Å². The number of alkyl halides is 3. The van der Waals surface area contributed by atoms with Gasteiger partial charge in [0.25, 0.3) is 5.69 Å². The van der Waals surface area contributed by atoms with Crippen LogP contribution < -0.4 is 10.6 Å². The second kappa shape index (κ2) is 7.09. The van der Waals surface area contributed by atoms with Gasteiger partial charge < -0.3 is 0 Å². The highest BCUT2D eigenvalue weighted by molar-refractivity contribution is 7.89. The second-order valence-electron chi connectivity index (χ2n) is 4.97. The number of benzene rings is 2. The number of nitrogens with two attached hydrogens (primary N) is 1. The third-order valence-electron chi connectivity index (χ3n) is 3.11. The predicted molar refractivity (Wildman–Crippen MR) is 87.1 cm³/mol. The van der Waals surface area contributed by atoms with E-state index in [9.17, 15) is 31.7 Å². The van der Waals surface area contributed by atoms with Crippen LogP contribution in [-0.4, -0.2) is 19.6 Å². The average molecular weight is 388 g/mol. The molecular formula is C14H11F3N4O4S. The van der Waals surface area contributed by atoms with Gasteiger partial charge in [-0.3, -0.25) is 15.5 Å². The van der Waals surface area contributed by atoms with E-state index < -0.39 is 37.3 Å². The molecule has 26 heavy (non-hydrogen) atoms. The number of sulfonamides is 1. The van der Waals surface area contributed by atoms with Gasteiger partial charge in [0.05, 0.1) is 21.6 Å². The largest absolute Gasteiger partial charge is 0.416 e. The van der Waals surface area contributed by atoms with Crippen molar-refractivity contribution in [2.24, 2.45) is 10.2 Å². The Hall–Kier alpha value is -2.99. The summed E-state index contributed by atoms with van der Waals surface area (Å²) in [5.41, 5.74) is 0.753. The number of hydrogen-bond donors (Lipinski definition) is 2. The van der Waals surface area contributed by atoms with Gasteiger partial charge in [0.15, 0.2) is 0 Å². The van der Waals surface area contributed by atoms with Crippen molar-refractivity contribution in [3.8, 4) is 0 Å². The van der Waals surface area contributed by atoms with Crippen LogP contribution in [0.4, 0.5) is 24.5 Å². The van der Waals surface area contributed by atoms with Crippen LogP contribution >= 0.6 is 0 Å². The van der Waals surface area contributed by atoms with Gasteiger partial charge in [0.2, 0.25) is 10.0 Å². The number of primary sulfonamides is 1. The van der Waals surface area contributed by atoms with E-state index in [0.717, 1.165) is 36.5 Å². The lowest BCUT2D eigenvalue weighted by atomic mass is 10.1. The Morgan fingerprint density at radius 1 is 1.19 bits per heavy atom. The molecule has 0 aromatic heterocycles. The zero-order valence-corrected chi connectivity index (χ0v) is 13.6. The number of anilines is 1. The molecule has 0 saturated heterocycles. The Morgan fingerprint density at radius 2 is 1.88 bits per heavy atom. The molecule has 8 nitrogen and oxygen atoms in total. The first-order valence-electron chi connectivity index (χ1n) is 6.76. The van der Waals surface area contributed by atoms with Crippen LogP contribution in [0, 0.1) is 10.1 Å². The minimum Gasteiger partial charge on any atom is -0.272 e. The Bertz CT molecular complexity index is 974. The molecular weight excluding hydrogens is 377 g/mol. The molecule has 0 heterocycles. The van der Waals surface area contributed by atoms with E-state index in [1.807, 2.05) is 0 Å². The summed E-state index contributed by atoms with van der Waals surface area (Å²) in [7, 11) is -4.14. The first-order chi connectivity index (χ1) is 12.0. The van der Waals surface area contributed by atoms with E-state index in [4.69, 9.17) is 5.14 Å². The molecule has 3 N–H and O–H groups in total. The fraction of sp³-hybridized carbons (Fsp3) is 0.0714. The molecule has 2 aromatic carbocycles. The van der Waals surface area contributed by atoms with Crippen LogP contribution in [-0.2, 0) is 16.2 Å². The number of nitrogens with zero attached hydrogens (tertiary/aromatic N) is 2. The SMILES string of the molecule is NS(=O)(=O)c1ccc(N/N=C\c2cccc(C(F)(F)F)c2)c([N+](=O)[O-])c1. The van der Waals surface area contributed by atoms with Crippen molar-refractivity contribution < 1.29 is 26.5 Å². The number of hydrazone groups is 1. The van der Waals surface area contributed by atoms with Gasteiger partial charge in [0, 0.05) is 6.07 Å². The maximum Gasteiger partial charge on any atom is 0.416 e. The molecule has 0 aliphatic heterocycles. The van der Waals surface area contributed by atoms with Crippen LogP contribution in [0.2, 0.25) is 0 Å². The van der Waals surface area contributed by atoms with E-state index in [0.29, 0.717) is 0 Å². The van der Waals surface area contributed by atoms with E-state index in [1.54, 1.807) is 0 Å². The summed E-state index contributed by atoms with van der Waals surface area (Å²) < 4.78 is 60.4. The lowest BCUT2D eigenvalue weighted by Gasteiger charge is -2.07. The summed E-state index contributed by atoms with van der Waals surface area (Å²) in [6, 6.07) is 7.14. The Morgan fingerprint density at radius 3 is 2.46 bits per heavy atom. The molecule has 0 aliphatic rings. The number of halogens is 3. The highest BCUT2D eigenvalue weighted by Crippen LogP contribution is 2.29.